The average molecular weight is 309 g/mol. The molecule has 0 unspecified atom stereocenters. The second-order valence-corrected chi connectivity index (χ2v) is 6.27. The summed E-state index contributed by atoms with van der Waals surface area (Å²) in [5.41, 5.74) is 1.03. The minimum Gasteiger partial charge on any atom is -0.351 e. The van der Waals surface area contributed by atoms with Crippen LogP contribution in [0.4, 0.5) is 0 Å². The SMILES string of the molecule is O=C(CNC1CCCCCCC1)NCc1cccc(Cl)c1. The molecule has 1 aromatic rings. The Morgan fingerprint density at radius 2 is 1.86 bits per heavy atom. The van der Waals surface area contributed by atoms with Gasteiger partial charge in [-0.1, -0.05) is 55.8 Å². The van der Waals surface area contributed by atoms with Crippen molar-refractivity contribution >= 4 is 17.5 Å². The van der Waals surface area contributed by atoms with Gasteiger partial charge in [-0.25, -0.2) is 0 Å². The molecule has 3 nitrogen and oxygen atoms in total. The first-order valence-corrected chi connectivity index (χ1v) is 8.36. The van der Waals surface area contributed by atoms with Gasteiger partial charge in [0, 0.05) is 17.6 Å². The van der Waals surface area contributed by atoms with Crippen LogP contribution in [0.25, 0.3) is 0 Å². The molecule has 1 aliphatic rings. The number of amides is 1. The van der Waals surface area contributed by atoms with Crippen molar-refractivity contribution in [3.63, 3.8) is 0 Å². The molecule has 1 aliphatic carbocycles. The maximum atomic E-state index is 11.9. The fraction of sp³-hybridized carbons (Fsp3) is 0.588. The van der Waals surface area contributed by atoms with Crippen LogP contribution < -0.4 is 10.6 Å². The third-order valence-corrected chi connectivity index (χ3v) is 4.27. The molecule has 0 atom stereocenters. The van der Waals surface area contributed by atoms with E-state index >= 15 is 0 Å². The second-order valence-electron chi connectivity index (χ2n) is 5.83. The molecule has 0 saturated heterocycles. The van der Waals surface area contributed by atoms with Gasteiger partial charge in [-0.05, 0) is 30.5 Å². The van der Waals surface area contributed by atoms with Crippen molar-refractivity contribution in [3.8, 4) is 0 Å². The zero-order valence-electron chi connectivity index (χ0n) is 12.5. The molecule has 2 rings (SSSR count). The van der Waals surface area contributed by atoms with E-state index in [1.807, 2.05) is 24.3 Å². The highest BCUT2D eigenvalue weighted by atomic mass is 35.5. The first-order valence-electron chi connectivity index (χ1n) is 7.98. The number of carbonyl (C=O) groups excluding carboxylic acids is 1. The average Bonchev–Trinajstić information content (AvgIpc) is 2.44. The van der Waals surface area contributed by atoms with Gasteiger partial charge in [0.1, 0.15) is 0 Å². The lowest BCUT2D eigenvalue weighted by Gasteiger charge is -2.20. The number of carbonyl (C=O) groups is 1. The lowest BCUT2D eigenvalue weighted by Crippen LogP contribution is -2.39. The summed E-state index contributed by atoms with van der Waals surface area (Å²) in [6.45, 7) is 0.941. The molecule has 21 heavy (non-hydrogen) atoms. The van der Waals surface area contributed by atoms with Gasteiger partial charge in [0.15, 0.2) is 0 Å². The van der Waals surface area contributed by atoms with Gasteiger partial charge in [0.05, 0.1) is 6.54 Å². The lowest BCUT2D eigenvalue weighted by atomic mass is 9.97. The molecule has 1 saturated carbocycles. The fourth-order valence-electron chi connectivity index (χ4n) is 2.81. The second kappa shape index (κ2) is 9.06. The fourth-order valence-corrected chi connectivity index (χ4v) is 3.02. The third-order valence-electron chi connectivity index (χ3n) is 4.04. The zero-order chi connectivity index (χ0) is 14.9. The molecule has 116 valence electrons. The molecule has 0 heterocycles. The van der Waals surface area contributed by atoms with Crippen molar-refractivity contribution in [3.05, 3.63) is 34.9 Å². The molecule has 0 radical (unpaired) electrons. The number of hydrogen-bond acceptors (Lipinski definition) is 2. The highest BCUT2D eigenvalue weighted by molar-refractivity contribution is 6.30. The van der Waals surface area contributed by atoms with Crippen molar-refractivity contribution in [1.82, 2.24) is 10.6 Å². The lowest BCUT2D eigenvalue weighted by molar-refractivity contribution is -0.120. The van der Waals surface area contributed by atoms with E-state index in [9.17, 15) is 4.79 Å². The maximum absolute atomic E-state index is 11.9. The summed E-state index contributed by atoms with van der Waals surface area (Å²) in [4.78, 5) is 11.9. The quantitative estimate of drug-likeness (QED) is 0.871. The summed E-state index contributed by atoms with van der Waals surface area (Å²) < 4.78 is 0. The van der Waals surface area contributed by atoms with Crippen molar-refractivity contribution < 1.29 is 4.79 Å². The van der Waals surface area contributed by atoms with E-state index in [1.54, 1.807) is 0 Å². The van der Waals surface area contributed by atoms with Crippen molar-refractivity contribution in [2.24, 2.45) is 0 Å². The van der Waals surface area contributed by atoms with Crippen LogP contribution in [0.15, 0.2) is 24.3 Å². The molecule has 0 aromatic heterocycles. The Balaban J connectivity index is 1.66. The Labute approximate surface area is 132 Å². The Morgan fingerprint density at radius 1 is 1.14 bits per heavy atom. The monoisotopic (exact) mass is 308 g/mol. The molecule has 0 bridgehead atoms. The van der Waals surface area contributed by atoms with Crippen LogP contribution in [0.5, 0.6) is 0 Å². The normalized spacial score (nSPS) is 17.0. The van der Waals surface area contributed by atoms with Gasteiger partial charge < -0.3 is 10.6 Å². The molecule has 1 fully saturated rings. The smallest absolute Gasteiger partial charge is 0.234 e. The standard InChI is InChI=1S/C17H25ClN2O/c18-15-8-6-7-14(11-15)12-20-17(21)13-19-16-9-4-2-1-3-5-10-16/h6-8,11,16,19H,1-5,9-10,12-13H2,(H,20,21). The number of nitrogens with one attached hydrogen (secondary N) is 2. The Bertz CT molecular complexity index is 442. The summed E-state index contributed by atoms with van der Waals surface area (Å²) in [5.74, 6) is 0.0528. The molecule has 2 N–H and O–H groups in total. The van der Waals surface area contributed by atoms with E-state index in [2.05, 4.69) is 10.6 Å². The first kappa shape index (κ1) is 16.3. The Morgan fingerprint density at radius 3 is 2.57 bits per heavy atom. The van der Waals surface area contributed by atoms with Crippen LogP contribution in [-0.4, -0.2) is 18.5 Å². The summed E-state index contributed by atoms with van der Waals surface area (Å²) in [6.07, 6.45) is 8.98. The summed E-state index contributed by atoms with van der Waals surface area (Å²) in [6, 6.07) is 8.08. The van der Waals surface area contributed by atoms with E-state index in [1.165, 1.54) is 44.9 Å². The predicted molar refractivity (Wildman–Crippen MR) is 87.4 cm³/mol. The number of hydrogen-bond donors (Lipinski definition) is 2. The third kappa shape index (κ3) is 6.49. The summed E-state index contributed by atoms with van der Waals surface area (Å²) in [5, 5.41) is 7.04. The molecular formula is C17H25ClN2O. The van der Waals surface area contributed by atoms with Gasteiger partial charge in [-0.3, -0.25) is 4.79 Å². The predicted octanol–water partition coefficient (Wildman–Crippen LogP) is 3.66. The number of rotatable bonds is 5. The van der Waals surface area contributed by atoms with E-state index in [0.717, 1.165) is 5.56 Å². The van der Waals surface area contributed by atoms with E-state index in [4.69, 9.17) is 11.6 Å². The van der Waals surface area contributed by atoms with Gasteiger partial charge in [0.2, 0.25) is 5.91 Å². The number of halogens is 1. The van der Waals surface area contributed by atoms with Crippen LogP contribution in [0.2, 0.25) is 5.02 Å². The minimum atomic E-state index is 0.0528. The van der Waals surface area contributed by atoms with Gasteiger partial charge in [-0.2, -0.15) is 0 Å². The molecule has 1 aromatic carbocycles. The topological polar surface area (TPSA) is 41.1 Å². The van der Waals surface area contributed by atoms with Gasteiger partial charge in [0.25, 0.3) is 0 Å². The van der Waals surface area contributed by atoms with Crippen molar-refractivity contribution in [1.29, 1.82) is 0 Å². The highest BCUT2D eigenvalue weighted by Gasteiger charge is 2.12. The number of benzene rings is 1. The zero-order valence-corrected chi connectivity index (χ0v) is 13.3. The van der Waals surface area contributed by atoms with Crippen LogP contribution >= 0.6 is 11.6 Å². The largest absolute Gasteiger partial charge is 0.351 e. The maximum Gasteiger partial charge on any atom is 0.234 e. The minimum absolute atomic E-state index is 0.0528. The van der Waals surface area contributed by atoms with E-state index < -0.39 is 0 Å². The van der Waals surface area contributed by atoms with E-state index in [0.29, 0.717) is 24.2 Å². The summed E-state index contributed by atoms with van der Waals surface area (Å²) in [7, 11) is 0. The Hall–Kier alpha value is -1.06. The highest BCUT2D eigenvalue weighted by Crippen LogP contribution is 2.16. The van der Waals surface area contributed by atoms with Crippen molar-refractivity contribution in [2.45, 2.75) is 57.5 Å². The van der Waals surface area contributed by atoms with Crippen LogP contribution in [0, 0.1) is 0 Å². The van der Waals surface area contributed by atoms with Crippen molar-refractivity contribution in [2.75, 3.05) is 6.54 Å². The molecule has 0 aliphatic heterocycles. The van der Waals surface area contributed by atoms with Gasteiger partial charge >= 0.3 is 0 Å². The van der Waals surface area contributed by atoms with Gasteiger partial charge in [-0.15, -0.1) is 0 Å². The Kier molecular flexibility index (Phi) is 7.04. The molecule has 1 amide bonds. The van der Waals surface area contributed by atoms with Crippen LogP contribution in [0.3, 0.4) is 0 Å². The van der Waals surface area contributed by atoms with E-state index in [-0.39, 0.29) is 5.91 Å². The first-order chi connectivity index (χ1) is 10.2. The molecular weight excluding hydrogens is 284 g/mol. The van der Waals surface area contributed by atoms with Crippen LogP contribution in [-0.2, 0) is 11.3 Å². The van der Waals surface area contributed by atoms with Crippen LogP contribution in [0.1, 0.15) is 50.5 Å². The summed E-state index contributed by atoms with van der Waals surface area (Å²) >= 11 is 5.93. The molecule has 4 heteroatoms. The molecule has 0 spiro atoms.